The number of ether oxygens (including phenoxy) is 1. The van der Waals surface area contributed by atoms with Crippen molar-refractivity contribution in [2.75, 3.05) is 11.9 Å². The summed E-state index contributed by atoms with van der Waals surface area (Å²) in [5, 5.41) is 24.6. The number of hydrogen-bond acceptors (Lipinski definition) is 5. The van der Waals surface area contributed by atoms with Crippen LogP contribution in [0.1, 0.15) is 15.9 Å². The number of carboxylic acid groups (broad SMARTS) is 1. The molecule has 0 unspecified atom stereocenters. The van der Waals surface area contributed by atoms with Gasteiger partial charge in [-0.1, -0.05) is 24.3 Å². The van der Waals surface area contributed by atoms with Gasteiger partial charge in [-0.3, -0.25) is 4.79 Å². The summed E-state index contributed by atoms with van der Waals surface area (Å²) < 4.78 is 5.42. The van der Waals surface area contributed by atoms with Gasteiger partial charge in [0.05, 0.1) is 5.56 Å². The maximum absolute atomic E-state index is 12.0. The van der Waals surface area contributed by atoms with E-state index in [-0.39, 0.29) is 17.9 Å². The zero-order valence-corrected chi connectivity index (χ0v) is 13.7. The summed E-state index contributed by atoms with van der Waals surface area (Å²) in [4.78, 5) is 23.4. The molecule has 2 aromatic carbocycles. The molecule has 0 radical (unpaired) electrons. The summed E-state index contributed by atoms with van der Waals surface area (Å²) in [6.07, 6.45) is 0. The van der Waals surface area contributed by atoms with Crippen molar-refractivity contribution in [3.63, 3.8) is 0 Å². The number of amides is 1. The Hall–Kier alpha value is -3.37. The Morgan fingerprint density at radius 2 is 1.92 bits per heavy atom. The van der Waals surface area contributed by atoms with Gasteiger partial charge in [0.15, 0.2) is 6.61 Å². The lowest BCUT2D eigenvalue weighted by atomic mass is 10.1. The SMILES string of the molecule is N#Cc1ccsc1NC(=O)COc1cc2ccccc2cc1C(=O)O. The molecular formula is C18H12N2O4S. The monoisotopic (exact) mass is 352 g/mol. The van der Waals surface area contributed by atoms with E-state index in [0.717, 1.165) is 10.8 Å². The minimum absolute atomic E-state index is 0.0136. The van der Waals surface area contributed by atoms with Crippen LogP contribution >= 0.6 is 11.3 Å². The first-order chi connectivity index (χ1) is 12.1. The Morgan fingerprint density at radius 3 is 2.60 bits per heavy atom. The number of nitriles is 1. The Bertz CT molecular complexity index is 1000. The number of nitrogens with one attached hydrogen (secondary N) is 1. The van der Waals surface area contributed by atoms with Gasteiger partial charge >= 0.3 is 5.97 Å². The third kappa shape index (κ3) is 3.59. The number of carbonyl (C=O) groups is 2. The molecule has 3 aromatic rings. The van der Waals surface area contributed by atoms with Gasteiger partial charge in [-0.15, -0.1) is 11.3 Å². The molecule has 0 atom stereocenters. The van der Waals surface area contributed by atoms with E-state index in [9.17, 15) is 14.7 Å². The summed E-state index contributed by atoms with van der Waals surface area (Å²) in [5.74, 6) is -1.48. The third-order valence-electron chi connectivity index (χ3n) is 3.48. The molecule has 3 rings (SSSR count). The molecule has 0 aliphatic carbocycles. The van der Waals surface area contributed by atoms with Crippen LogP contribution in [0.15, 0.2) is 47.8 Å². The first-order valence-electron chi connectivity index (χ1n) is 7.25. The van der Waals surface area contributed by atoms with Crippen LogP contribution in [0.2, 0.25) is 0 Å². The van der Waals surface area contributed by atoms with Gasteiger partial charge in [0, 0.05) is 0 Å². The van der Waals surface area contributed by atoms with Crippen molar-refractivity contribution in [2.45, 2.75) is 0 Å². The average Bonchev–Trinajstić information content (AvgIpc) is 3.06. The number of fused-ring (bicyclic) bond motifs is 1. The number of benzene rings is 2. The van der Waals surface area contributed by atoms with E-state index in [2.05, 4.69) is 5.32 Å². The van der Waals surface area contributed by atoms with Crippen LogP contribution in [0.3, 0.4) is 0 Å². The molecule has 2 N–H and O–H groups in total. The van der Waals surface area contributed by atoms with E-state index in [1.54, 1.807) is 23.6 Å². The number of hydrogen-bond donors (Lipinski definition) is 2. The number of anilines is 1. The Morgan fingerprint density at radius 1 is 1.20 bits per heavy atom. The van der Waals surface area contributed by atoms with Crippen molar-refractivity contribution in [2.24, 2.45) is 0 Å². The molecule has 124 valence electrons. The fourth-order valence-corrected chi connectivity index (χ4v) is 3.06. The second-order valence-electron chi connectivity index (χ2n) is 5.11. The number of aromatic carboxylic acids is 1. The van der Waals surface area contributed by atoms with E-state index >= 15 is 0 Å². The Kier molecular flexibility index (Phi) is 4.64. The molecule has 25 heavy (non-hydrogen) atoms. The highest BCUT2D eigenvalue weighted by Crippen LogP contribution is 2.26. The minimum atomic E-state index is -1.13. The lowest BCUT2D eigenvalue weighted by molar-refractivity contribution is -0.118. The summed E-state index contributed by atoms with van der Waals surface area (Å²) in [7, 11) is 0. The summed E-state index contributed by atoms with van der Waals surface area (Å²) in [6, 6.07) is 14.0. The first-order valence-corrected chi connectivity index (χ1v) is 8.13. The van der Waals surface area contributed by atoms with Crippen LogP contribution in [0.4, 0.5) is 5.00 Å². The lowest BCUT2D eigenvalue weighted by Crippen LogP contribution is -2.20. The number of rotatable bonds is 5. The predicted molar refractivity (Wildman–Crippen MR) is 94.1 cm³/mol. The van der Waals surface area contributed by atoms with Crippen molar-refractivity contribution in [3.8, 4) is 11.8 Å². The number of carboxylic acids is 1. The van der Waals surface area contributed by atoms with E-state index in [1.807, 2.05) is 24.3 Å². The standard InChI is InChI=1S/C18H12N2O4S/c19-9-13-5-6-25-17(13)20-16(21)10-24-15-8-12-4-2-1-3-11(12)7-14(15)18(22)23/h1-8H,10H2,(H,20,21)(H,22,23). The molecule has 6 nitrogen and oxygen atoms in total. The lowest BCUT2D eigenvalue weighted by Gasteiger charge is -2.11. The van der Waals surface area contributed by atoms with Gasteiger partial charge < -0.3 is 15.2 Å². The quantitative estimate of drug-likeness (QED) is 0.732. The molecule has 1 aromatic heterocycles. The van der Waals surface area contributed by atoms with Crippen LogP contribution in [0, 0.1) is 11.3 Å². The zero-order valence-electron chi connectivity index (χ0n) is 12.9. The molecule has 0 bridgehead atoms. The number of carbonyl (C=O) groups excluding carboxylic acids is 1. The summed E-state index contributed by atoms with van der Waals surface area (Å²) in [6.45, 7) is -0.360. The van der Waals surface area contributed by atoms with Crippen LogP contribution in [-0.2, 0) is 4.79 Å². The van der Waals surface area contributed by atoms with Gasteiger partial charge in [0.1, 0.15) is 22.4 Å². The Labute approximate surface area is 146 Å². The van der Waals surface area contributed by atoms with Crippen LogP contribution in [0.5, 0.6) is 5.75 Å². The number of thiophene rings is 1. The second kappa shape index (κ2) is 7.03. The van der Waals surface area contributed by atoms with Crippen molar-refractivity contribution < 1.29 is 19.4 Å². The van der Waals surface area contributed by atoms with E-state index in [4.69, 9.17) is 10.00 Å². The second-order valence-corrected chi connectivity index (χ2v) is 6.03. The van der Waals surface area contributed by atoms with Crippen molar-refractivity contribution in [3.05, 3.63) is 59.0 Å². The van der Waals surface area contributed by atoms with E-state index in [0.29, 0.717) is 10.6 Å². The normalized spacial score (nSPS) is 10.2. The first kappa shape index (κ1) is 16.5. The summed E-state index contributed by atoms with van der Waals surface area (Å²) in [5.41, 5.74) is 0.357. The number of nitrogens with zero attached hydrogens (tertiary/aromatic N) is 1. The van der Waals surface area contributed by atoms with Crippen molar-refractivity contribution >= 4 is 39.0 Å². The van der Waals surface area contributed by atoms with Crippen molar-refractivity contribution in [1.82, 2.24) is 0 Å². The van der Waals surface area contributed by atoms with Gasteiger partial charge in [-0.05, 0) is 34.4 Å². The maximum Gasteiger partial charge on any atom is 0.339 e. The molecule has 0 aliphatic rings. The maximum atomic E-state index is 12.0. The van der Waals surface area contributed by atoms with Crippen LogP contribution in [-0.4, -0.2) is 23.6 Å². The van der Waals surface area contributed by atoms with Gasteiger partial charge in [-0.25, -0.2) is 4.79 Å². The highest BCUT2D eigenvalue weighted by atomic mass is 32.1. The largest absolute Gasteiger partial charge is 0.483 e. The van der Waals surface area contributed by atoms with E-state index in [1.165, 1.54) is 17.4 Å². The van der Waals surface area contributed by atoms with Crippen LogP contribution < -0.4 is 10.1 Å². The molecule has 0 saturated carbocycles. The predicted octanol–water partition coefficient (Wildman–Crippen LogP) is 3.49. The molecule has 1 amide bonds. The van der Waals surface area contributed by atoms with Gasteiger partial charge in [-0.2, -0.15) is 5.26 Å². The molecule has 0 spiro atoms. The zero-order chi connectivity index (χ0) is 17.8. The molecule has 1 heterocycles. The molecule has 0 saturated heterocycles. The van der Waals surface area contributed by atoms with Crippen LogP contribution in [0.25, 0.3) is 10.8 Å². The fraction of sp³-hybridized carbons (Fsp3) is 0.0556. The molecule has 0 fully saturated rings. The van der Waals surface area contributed by atoms with Gasteiger partial charge in [0.25, 0.3) is 5.91 Å². The smallest absolute Gasteiger partial charge is 0.339 e. The summed E-state index contributed by atoms with van der Waals surface area (Å²) >= 11 is 1.23. The minimum Gasteiger partial charge on any atom is -0.483 e. The van der Waals surface area contributed by atoms with E-state index < -0.39 is 11.9 Å². The Balaban J connectivity index is 1.78. The molecular weight excluding hydrogens is 340 g/mol. The van der Waals surface area contributed by atoms with Gasteiger partial charge in [0.2, 0.25) is 0 Å². The van der Waals surface area contributed by atoms with Crippen molar-refractivity contribution in [1.29, 1.82) is 5.26 Å². The topological polar surface area (TPSA) is 99.4 Å². The molecule has 7 heteroatoms. The average molecular weight is 352 g/mol. The third-order valence-corrected chi connectivity index (χ3v) is 4.31. The molecule has 0 aliphatic heterocycles. The highest BCUT2D eigenvalue weighted by molar-refractivity contribution is 7.14. The highest BCUT2D eigenvalue weighted by Gasteiger charge is 2.15. The fourth-order valence-electron chi connectivity index (χ4n) is 2.31.